The Morgan fingerprint density at radius 3 is 2.94 bits per heavy atom. The maximum atomic E-state index is 10.9. The molecule has 0 radical (unpaired) electrons. The molecule has 1 aromatic heterocycles. The minimum atomic E-state index is -0.746. The van der Waals surface area contributed by atoms with Crippen LogP contribution in [0, 0.1) is 11.3 Å². The molecule has 80 valence electrons. The molecular formula is C9H7N5OS. The van der Waals surface area contributed by atoms with Crippen LogP contribution in [0.3, 0.4) is 0 Å². The molecule has 0 bridgehead atoms. The number of nitrogens with zero attached hydrogens (tertiary/aromatic N) is 3. The van der Waals surface area contributed by atoms with Crippen LogP contribution in [-0.2, 0) is 0 Å². The molecule has 2 rings (SSSR count). The summed E-state index contributed by atoms with van der Waals surface area (Å²) in [5, 5.41) is 9.90. The van der Waals surface area contributed by atoms with Crippen LogP contribution in [0.2, 0.25) is 0 Å². The van der Waals surface area contributed by atoms with Crippen molar-refractivity contribution >= 4 is 33.3 Å². The lowest BCUT2D eigenvalue weighted by molar-refractivity contribution is 0.254. The van der Waals surface area contributed by atoms with Crippen LogP contribution < -0.4 is 16.6 Å². The summed E-state index contributed by atoms with van der Waals surface area (Å²) in [6, 6.07) is 6.18. The highest BCUT2D eigenvalue weighted by molar-refractivity contribution is 7.19. The number of benzene rings is 1. The van der Waals surface area contributed by atoms with Crippen molar-refractivity contribution in [1.82, 2.24) is 4.98 Å². The van der Waals surface area contributed by atoms with E-state index in [1.807, 2.05) is 6.07 Å². The number of nitrogens with two attached hydrogens (primary N) is 2. The zero-order valence-corrected chi connectivity index (χ0v) is 8.86. The van der Waals surface area contributed by atoms with Crippen molar-refractivity contribution in [1.29, 1.82) is 5.26 Å². The number of hydrogen-bond donors (Lipinski definition) is 2. The Morgan fingerprint density at radius 1 is 1.56 bits per heavy atom. The third-order valence-electron chi connectivity index (χ3n) is 1.98. The molecule has 0 saturated carbocycles. The maximum absolute atomic E-state index is 10.9. The van der Waals surface area contributed by atoms with Gasteiger partial charge >= 0.3 is 6.03 Å². The molecule has 2 aromatic rings. The van der Waals surface area contributed by atoms with Gasteiger partial charge in [0.15, 0.2) is 5.01 Å². The van der Waals surface area contributed by atoms with Gasteiger partial charge in [0, 0.05) is 0 Å². The highest BCUT2D eigenvalue weighted by Gasteiger charge is 2.10. The first-order chi connectivity index (χ1) is 7.61. The molecule has 0 atom stereocenters. The Bertz CT molecular complexity index is 599. The summed E-state index contributed by atoms with van der Waals surface area (Å²) >= 11 is 1.23. The molecule has 0 unspecified atom stereocenters. The first-order valence-electron chi connectivity index (χ1n) is 4.27. The molecular weight excluding hydrogens is 226 g/mol. The van der Waals surface area contributed by atoms with E-state index in [-0.39, 0.29) is 0 Å². The number of hydrogen-bond acceptors (Lipinski definition) is 5. The highest BCUT2D eigenvalue weighted by atomic mass is 32.1. The van der Waals surface area contributed by atoms with Gasteiger partial charge in [0.2, 0.25) is 0 Å². The summed E-state index contributed by atoms with van der Waals surface area (Å²) in [7, 11) is 0. The van der Waals surface area contributed by atoms with Gasteiger partial charge in [0.1, 0.15) is 6.07 Å². The third kappa shape index (κ3) is 1.67. The Kier molecular flexibility index (Phi) is 2.44. The van der Waals surface area contributed by atoms with Crippen LogP contribution in [0.4, 0.5) is 10.5 Å². The van der Waals surface area contributed by atoms with Gasteiger partial charge in [-0.2, -0.15) is 5.26 Å². The van der Waals surface area contributed by atoms with Gasteiger partial charge in [-0.1, -0.05) is 0 Å². The summed E-state index contributed by atoms with van der Waals surface area (Å²) in [4.78, 5) is 14.9. The summed E-state index contributed by atoms with van der Waals surface area (Å²) < 4.78 is 0.783. The molecule has 1 heterocycles. The molecule has 0 saturated heterocycles. The summed E-state index contributed by atoms with van der Waals surface area (Å²) in [6.07, 6.45) is 0. The van der Waals surface area contributed by atoms with Gasteiger partial charge in [0.25, 0.3) is 0 Å². The highest BCUT2D eigenvalue weighted by Crippen LogP contribution is 2.25. The first kappa shape index (κ1) is 10.4. The fourth-order valence-corrected chi connectivity index (χ4v) is 2.03. The molecule has 4 N–H and O–H groups in total. The smallest absolute Gasteiger partial charge is 0.333 e. The molecule has 6 nitrogen and oxygen atoms in total. The molecule has 2 amide bonds. The van der Waals surface area contributed by atoms with E-state index in [0.29, 0.717) is 16.2 Å². The lowest BCUT2D eigenvalue weighted by Gasteiger charge is -2.12. The summed E-state index contributed by atoms with van der Waals surface area (Å²) in [5.41, 5.74) is 6.20. The number of aromatic nitrogens is 1. The average Bonchev–Trinajstić information content (AvgIpc) is 2.69. The fraction of sp³-hybridized carbons (Fsp3) is 0. The zero-order chi connectivity index (χ0) is 11.7. The molecule has 0 aliphatic rings. The molecule has 0 spiro atoms. The quantitative estimate of drug-likeness (QED) is 0.433. The predicted octanol–water partition coefficient (Wildman–Crippen LogP) is 0.927. The predicted molar refractivity (Wildman–Crippen MR) is 60.6 cm³/mol. The number of rotatable bonds is 1. The van der Waals surface area contributed by atoms with Crippen LogP contribution in [-0.4, -0.2) is 11.0 Å². The van der Waals surface area contributed by atoms with Gasteiger partial charge in [-0.3, -0.25) is 0 Å². The van der Waals surface area contributed by atoms with Crippen molar-refractivity contribution in [2.24, 2.45) is 11.6 Å². The van der Waals surface area contributed by atoms with Gasteiger partial charge in [-0.25, -0.2) is 20.6 Å². The topological polar surface area (TPSA) is 109 Å². The number of carbonyl (C=O) groups is 1. The van der Waals surface area contributed by atoms with Crippen molar-refractivity contribution in [3.05, 3.63) is 23.2 Å². The van der Waals surface area contributed by atoms with E-state index in [4.69, 9.17) is 16.8 Å². The first-order valence-corrected chi connectivity index (χ1v) is 5.08. The van der Waals surface area contributed by atoms with Crippen LogP contribution in [0.5, 0.6) is 0 Å². The summed E-state index contributed by atoms with van der Waals surface area (Å²) in [5.74, 6) is 5.45. The number of fused-ring (bicyclic) bond motifs is 1. The Labute approximate surface area is 94.7 Å². The van der Waals surface area contributed by atoms with Crippen molar-refractivity contribution < 1.29 is 4.79 Å². The Hall–Kier alpha value is -2.17. The number of amides is 2. The lowest BCUT2D eigenvalue weighted by atomic mass is 10.3. The van der Waals surface area contributed by atoms with Crippen LogP contribution in [0.15, 0.2) is 18.2 Å². The Morgan fingerprint density at radius 2 is 2.31 bits per heavy atom. The van der Waals surface area contributed by atoms with Gasteiger partial charge in [-0.05, 0) is 18.2 Å². The molecule has 7 heteroatoms. The normalized spacial score (nSPS) is 10.0. The van der Waals surface area contributed by atoms with E-state index in [0.717, 1.165) is 9.71 Å². The number of thiazole rings is 1. The lowest BCUT2D eigenvalue weighted by Crippen LogP contribution is -2.41. The van der Waals surface area contributed by atoms with Crippen molar-refractivity contribution in [3.8, 4) is 6.07 Å². The van der Waals surface area contributed by atoms with E-state index in [1.165, 1.54) is 11.3 Å². The Balaban J connectivity index is 2.52. The van der Waals surface area contributed by atoms with Gasteiger partial charge in [0.05, 0.1) is 15.9 Å². The minimum Gasteiger partial charge on any atom is -0.350 e. The van der Waals surface area contributed by atoms with E-state index in [2.05, 4.69) is 4.98 Å². The van der Waals surface area contributed by atoms with E-state index < -0.39 is 6.03 Å². The number of primary amides is 1. The van der Waals surface area contributed by atoms with Gasteiger partial charge < -0.3 is 5.73 Å². The van der Waals surface area contributed by atoms with Crippen molar-refractivity contribution in [3.63, 3.8) is 0 Å². The number of carbonyl (C=O) groups excluding carboxylic acids is 1. The molecule has 0 fully saturated rings. The second-order valence-corrected chi connectivity index (χ2v) is 4.02. The van der Waals surface area contributed by atoms with Gasteiger partial charge in [-0.15, -0.1) is 11.3 Å². The van der Waals surface area contributed by atoms with Crippen LogP contribution in [0.1, 0.15) is 5.01 Å². The minimum absolute atomic E-state index is 0.370. The van der Waals surface area contributed by atoms with E-state index in [9.17, 15) is 4.79 Å². The number of anilines is 1. The average molecular weight is 233 g/mol. The van der Waals surface area contributed by atoms with E-state index >= 15 is 0 Å². The molecule has 0 aliphatic heterocycles. The third-order valence-corrected chi connectivity index (χ3v) is 2.91. The van der Waals surface area contributed by atoms with E-state index in [1.54, 1.807) is 18.2 Å². The standard InChI is InChI=1S/C9H7N5OS/c10-4-8-13-6-2-1-5(3-7(6)16-8)14(12)9(11)15/h1-3H,12H2,(H2,11,15). The zero-order valence-electron chi connectivity index (χ0n) is 8.04. The second-order valence-electron chi connectivity index (χ2n) is 2.99. The largest absolute Gasteiger partial charge is 0.350 e. The van der Waals surface area contributed by atoms with Crippen LogP contribution >= 0.6 is 11.3 Å². The second kappa shape index (κ2) is 3.77. The maximum Gasteiger partial charge on any atom is 0.333 e. The number of nitriles is 1. The van der Waals surface area contributed by atoms with Crippen LogP contribution in [0.25, 0.3) is 10.2 Å². The molecule has 1 aromatic carbocycles. The molecule has 16 heavy (non-hydrogen) atoms. The van der Waals surface area contributed by atoms with Crippen molar-refractivity contribution in [2.45, 2.75) is 0 Å². The SMILES string of the molecule is N#Cc1nc2ccc(N(N)C(N)=O)cc2s1. The summed E-state index contributed by atoms with van der Waals surface area (Å²) in [6.45, 7) is 0. The number of urea groups is 1. The monoisotopic (exact) mass is 233 g/mol. The molecule has 0 aliphatic carbocycles. The van der Waals surface area contributed by atoms with Crippen molar-refractivity contribution in [2.75, 3.05) is 5.01 Å². The fourth-order valence-electron chi connectivity index (χ4n) is 1.24. The number of hydrazine groups is 1.